The first-order valence-electron chi connectivity index (χ1n) is 7.86. The molecule has 0 spiro atoms. The molecule has 0 aromatic heterocycles. The third-order valence-electron chi connectivity index (χ3n) is 4.60. The van der Waals surface area contributed by atoms with Crippen LogP contribution in [-0.2, 0) is 9.53 Å². The van der Waals surface area contributed by atoms with Gasteiger partial charge in [0, 0.05) is 25.6 Å². The molecule has 114 valence electrons. The van der Waals surface area contributed by atoms with E-state index in [4.69, 9.17) is 4.74 Å². The molecule has 1 amide bonds. The second kappa shape index (κ2) is 6.56. The summed E-state index contributed by atoms with van der Waals surface area (Å²) in [5.74, 6) is 0.390. The number of hydrogen-bond donors (Lipinski definition) is 0. The first-order chi connectivity index (χ1) is 10.2. The number of nitrogens with zero attached hydrogens (tertiary/aromatic N) is 1. The van der Waals surface area contributed by atoms with Gasteiger partial charge in [-0.25, -0.2) is 4.39 Å². The Hall–Kier alpha value is -1.42. The molecule has 0 saturated carbocycles. The Morgan fingerprint density at radius 3 is 2.71 bits per heavy atom. The number of likely N-dealkylation sites (tertiary alicyclic amines) is 1. The quantitative estimate of drug-likeness (QED) is 0.838. The highest BCUT2D eigenvalue weighted by Crippen LogP contribution is 2.28. The van der Waals surface area contributed by atoms with E-state index in [2.05, 4.69) is 0 Å². The number of hydrogen-bond acceptors (Lipinski definition) is 2. The van der Waals surface area contributed by atoms with Gasteiger partial charge in [-0.15, -0.1) is 0 Å². The summed E-state index contributed by atoms with van der Waals surface area (Å²) in [5.41, 5.74) is 1.14. The van der Waals surface area contributed by atoms with Gasteiger partial charge in [0.25, 0.3) is 0 Å². The minimum atomic E-state index is -0.205. The number of amides is 1. The van der Waals surface area contributed by atoms with Crippen LogP contribution in [0.3, 0.4) is 0 Å². The molecule has 1 aromatic rings. The summed E-state index contributed by atoms with van der Waals surface area (Å²) in [4.78, 5) is 14.6. The molecule has 0 radical (unpaired) electrons. The summed E-state index contributed by atoms with van der Waals surface area (Å²) in [6, 6.07) is 6.73. The maximum Gasteiger partial charge on any atom is 0.228 e. The molecule has 4 heteroatoms. The summed E-state index contributed by atoms with van der Waals surface area (Å²) in [5, 5.41) is 0. The molecular formula is C17H22FNO2. The average Bonchev–Trinajstić information content (AvgIpc) is 2.92. The zero-order valence-electron chi connectivity index (χ0n) is 12.3. The summed E-state index contributed by atoms with van der Waals surface area (Å²) in [6.45, 7) is 2.86. The van der Waals surface area contributed by atoms with Gasteiger partial charge >= 0.3 is 0 Å². The number of benzene rings is 1. The fourth-order valence-corrected chi connectivity index (χ4v) is 3.34. The van der Waals surface area contributed by atoms with Crippen molar-refractivity contribution in [1.82, 2.24) is 4.90 Å². The number of carbonyl (C=O) groups excluding carboxylic acids is 1. The summed E-state index contributed by atoms with van der Waals surface area (Å²) < 4.78 is 18.4. The monoisotopic (exact) mass is 291 g/mol. The van der Waals surface area contributed by atoms with Crippen LogP contribution in [0, 0.1) is 11.7 Å². The van der Waals surface area contributed by atoms with Gasteiger partial charge in [0.2, 0.25) is 5.91 Å². The van der Waals surface area contributed by atoms with E-state index in [0.717, 1.165) is 44.3 Å². The number of carbonyl (C=O) groups is 1. The number of ether oxygens (including phenoxy) is 1. The third kappa shape index (κ3) is 3.43. The van der Waals surface area contributed by atoms with Crippen molar-refractivity contribution in [2.45, 2.75) is 31.6 Å². The molecule has 2 aliphatic rings. The fourth-order valence-electron chi connectivity index (χ4n) is 3.34. The van der Waals surface area contributed by atoms with Crippen molar-refractivity contribution in [1.29, 1.82) is 0 Å². The number of rotatable bonds is 2. The highest BCUT2D eigenvalue weighted by molar-refractivity contribution is 5.79. The van der Waals surface area contributed by atoms with E-state index in [-0.39, 0.29) is 17.6 Å². The van der Waals surface area contributed by atoms with Crippen LogP contribution in [0.25, 0.3) is 0 Å². The minimum Gasteiger partial charge on any atom is -0.381 e. The van der Waals surface area contributed by atoms with E-state index in [1.807, 2.05) is 17.0 Å². The Labute approximate surface area is 125 Å². The molecule has 2 fully saturated rings. The van der Waals surface area contributed by atoms with Crippen molar-refractivity contribution < 1.29 is 13.9 Å². The molecule has 2 atom stereocenters. The molecule has 1 aromatic carbocycles. The molecule has 0 unspecified atom stereocenters. The van der Waals surface area contributed by atoms with E-state index in [9.17, 15) is 9.18 Å². The third-order valence-corrected chi connectivity index (χ3v) is 4.60. The topological polar surface area (TPSA) is 29.5 Å². The highest BCUT2D eigenvalue weighted by atomic mass is 19.1. The molecule has 2 aliphatic heterocycles. The van der Waals surface area contributed by atoms with Gasteiger partial charge in [-0.05, 0) is 37.0 Å². The lowest BCUT2D eigenvalue weighted by molar-refractivity contribution is -0.135. The molecule has 0 bridgehead atoms. The SMILES string of the molecule is O=C([C@H]1CCOC1)N1CCCC[C@H](c2ccc(F)cc2)C1. The molecule has 3 rings (SSSR count). The molecule has 2 saturated heterocycles. The predicted molar refractivity (Wildman–Crippen MR) is 78.5 cm³/mol. The van der Waals surface area contributed by atoms with Gasteiger partial charge in [0.05, 0.1) is 12.5 Å². The first kappa shape index (κ1) is 14.5. The smallest absolute Gasteiger partial charge is 0.228 e. The Balaban J connectivity index is 1.70. The Kier molecular flexibility index (Phi) is 4.54. The molecular weight excluding hydrogens is 269 g/mol. The summed E-state index contributed by atoms with van der Waals surface area (Å²) >= 11 is 0. The van der Waals surface area contributed by atoms with Crippen LogP contribution in [-0.4, -0.2) is 37.1 Å². The number of halogens is 1. The van der Waals surface area contributed by atoms with E-state index >= 15 is 0 Å². The zero-order valence-corrected chi connectivity index (χ0v) is 12.3. The lowest BCUT2D eigenvalue weighted by atomic mass is 9.94. The standard InChI is InChI=1S/C17H22FNO2/c18-16-6-4-13(5-7-16)14-3-1-2-9-19(11-14)17(20)15-8-10-21-12-15/h4-7,14-15H,1-3,8-12H2/t14-,15-/m0/s1. The van der Waals surface area contributed by atoms with Gasteiger partial charge in [-0.2, -0.15) is 0 Å². The zero-order chi connectivity index (χ0) is 14.7. The second-order valence-electron chi connectivity index (χ2n) is 6.09. The van der Waals surface area contributed by atoms with Crippen molar-refractivity contribution in [3.8, 4) is 0 Å². The maximum atomic E-state index is 13.1. The Morgan fingerprint density at radius 2 is 2.00 bits per heavy atom. The van der Waals surface area contributed by atoms with Crippen LogP contribution in [0.2, 0.25) is 0 Å². The largest absolute Gasteiger partial charge is 0.381 e. The van der Waals surface area contributed by atoms with E-state index in [1.165, 1.54) is 12.1 Å². The Bertz CT molecular complexity index is 482. The van der Waals surface area contributed by atoms with Crippen molar-refractivity contribution >= 4 is 5.91 Å². The van der Waals surface area contributed by atoms with Gasteiger partial charge in [0.1, 0.15) is 5.82 Å². The highest BCUT2D eigenvalue weighted by Gasteiger charge is 2.30. The summed E-state index contributed by atoms with van der Waals surface area (Å²) in [7, 11) is 0. The molecule has 2 heterocycles. The normalized spacial score (nSPS) is 26.6. The lowest BCUT2D eigenvalue weighted by Crippen LogP contribution is -2.38. The minimum absolute atomic E-state index is 0.0389. The van der Waals surface area contributed by atoms with Gasteiger partial charge < -0.3 is 9.64 Å². The second-order valence-corrected chi connectivity index (χ2v) is 6.09. The van der Waals surface area contributed by atoms with Crippen molar-refractivity contribution in [3.05, 3.63) is 35.6 Å². The fraction of sp³-hybridized carbons (Fsp3) is 0.588. The van der Waals surface area contributed by atoms with Crippen LogP contribution < -0.4 is 0 Å². The molecule has 0 aliphatic carbocycles. The van der Waals surface area contributed by atoms with Gasteiger partial charge in [-0.1, -0.05) is 18.6 Å². The molecule has 0 N–H and O–H groups in total. The van der Waals surface area contributed by atoms with Crippen LogP contribution >= 0.6 is 0 Å². The predicted octanol–water partition coefficient (Wildman–Crippen LogP) is 2.96. The van der Waals surface area contributed by atoms with Crippen LogP contribution in [0.4, 0.5) is 4.39 Å². The van der Waals surface area contributed by atoms with Crippen LogP contribution in [0.1, 0.15) is 37.2 Å². The van der Waals surface area contributed by atoms with Crippen LogP contribution in [0.15, 0.2) is 24.3 Å². The van der Waals surface area contributed by atoms with E-state index in [1.54, 1.807) is 0 Å². The summed E-state index contributed by atoms with van der Waals surface area (Å²) in [6.07, 6.45) is 4.08. The van der Waals surface area contributed by atoms with E-state index in [0.29, 0.717) is 19.1 Å². The maximum absolute atomic E-state index is 13.1. The van der Waals surface area contributed by atoms with Crippen LogP contribution in [0.5, 0.6) is 0 Å². The van der Waals surface area contributed by atoms with Crippen molar-refractivity contribution in [3.63, 3.8) is 0 Å². The van der Waals surface area contributed by atoms with Crippen molar-refractivity contribution in [2.75, 3.05) is 26.3 Å². The van der Waals surface area contributed by atoms with E-state index < -0.39 is 0 Å². The Morgan fingerprint density at radius 1 is 1.19 bits per heavy atom. The lowest BCUT2D eigenvalue weighted by Gasteiger charge is -2.27. The molecule has 3 nitrogen and oxygen atoms in total. The van der Waals surface area contributed by atoms with Gasteiger partial charge in [-0.3, -0.25) is 4.79 Å². The van der Waals surface area contributed by atoms with Gasteiger partial charge in [0.15, 0.2) is 0 Å². The first-order valence-corrected chi connectivity index (χ1v) is 7.86. The molecule has 21 heavy (non-hydrogen) atoms. The average molecular weight is 291 g/mol. The van der Waals surface area contributed by atoms with Crippen molar-refractivity contribution in [2.24, 2.45) is 5.92 Å².